The van der Waals surface area contributed by atoms with Gasteiger partial charge in [-0.05, 0) is 52.3 Å². The lowest BCUT2D eigenvalue weighted by atomic mass is 9.95. The molecule has 9 heteroatoms. The van der Waals surface area contributed by atoms with E-state index in [-0.39, 0.29) is 13.4 Å². The highest BCUT2D eigenvalue weighted by molar-refractivity contribution is 5.68. The number of carbonyl (C=O) groups excluding carboxylic acids is 1. The highest BCUT2D eigenvalue weighted by Crippen LogP contribution is 2.38. The second-order valence-corrected chi connectivity index (χ2v) is 8.76. The van der Waals surface area contributed by atoms with E-state index >= 15 is 0 Å². The van der Waals surface area contributed by atoms with Gasteiger partial charge in [0.25, 0.3) is 0 Å². The standard InChI is InChI=1S/C22H35NO8/c1-21(2,3)31-20(25)23-17(14-8-10-15(27-7)11-9-14)19-18(29-22(4,5)30-19)16(12-24)28-13-26-6/h8-11,16-19,24H,12-13H2,1-7H3,(H,23,25)/t16-,17+,18-,19-/m0/s1. The van der Waals surface area contributed by atoms with Crippen molar-refractivity contribution in [3.63, 3.8) is 0 Å². The molecule has 0 saturated carbocycles. The SMILES string of the molecule is COCO[C@@H](CO)[C@@H]1OC(C)(C)O[C@H]1[C@H](NC(=O)OC(C)(C)C)c1ccc(OC)cc1. The first-order chi connectivity index (χ1) is 14.5. The van der Waals surface area contributed by atoms with Crippen LogP contribution in [-0.4, -0.2) is 68.5 Å². The van der Waals surface area contributed by atoms with Gasteiger partial charge in [0.2, 0.25) is 0 Å². The van der Waals surface area contributed by atoms with Crippen LogP contribution in [0.3, 0.4) is 0 Å². The number of methoxy groups -OCH3 is 2. The van der Waals surface area contributed by atoms with Gasteiger partial charge in [0, 0.05) is 7.11 Å². The molecule has 1 saturated heterocycles. The summed E-state index contributed by atoms with van der Waals surface area (Å²) in [7, 11) is 3.07. The number of hydrogen-bond acceptors (Lipinski definition) is 8. The Morgan fingerprint density at radius 1 is 1.16 bits per heavy atom. The van der Waals surface area contributed by atoms with Gasteiger partial charge >= 0.3 is 6.09 Å². The number of rotatable bonds is 9. The van der Waals surface area contributed by atoms with Crippen LogP contribution in [0, 0.1) is 0 Å². The summed E-state index contributed by atoms with van der Waals surface area (Å²) < 4.78 is 33.5. The number of aliphatic hydroxyl groups is 1. The van der Waals surface area contributed by atoms with Gasteiger partial charge < -0.3 is 38.8 Å². The average Bonchev–Trinajstić information content (AvgIpc) is 3.00. The maximum absolute atomic E-state index is 12.6. The topological polar surface area (TPSA) is 105 Å². The molecule has 1 heterocycles. The molecule has 1 aliphatic heterocycles. The Morgan fingerprint density at radius 3 is 2.29 bits per heavy atom. The van der Waals surface area contributed by atoms with Gasteiger partial charge in [-0.15, -0.1) is 0 Å². The number of ether oxygens (including phenoxy) is 6. The van der Waals surface area contributed by atoms with E-state index < -0.39 is 41.8 Å². The Hall–Kier alpha value is -1.91. The summed E-state index contributed by atoms with van der Waals surface area (Å²) in [5, 5.41) is 12.8. The van der Waals surface area contributed by atoms with Crippen LogP contribution in [0.1, 0.15) is 46.2 Å². The zero-order chi connectivity index (χ0) is 23.2. The molecule has 0 spiro atoms. The maximum atomic E-state index is 12.6. The van der Waals surface area contributed by atoms with Crippen LogP contribution >= 0.6 is 0 Å². The van der Waals surface area contributed by atoms with Crippen molar-refractivity contribution in [3.8, 4) is 5.75 Å². The van der Waals surface area contributed by atoms with Crippen LogP contribution in [0.25, 0.3) is 0 Å². The smallest absolute Gasteiger partial charge is 0.408 e. The number of hydrogen-bond donors (Lipinski definition) is 2. The fraction of sp³-hybridized carbons (Fsp3) is 0.682. The molecule has 2 N–H and O–H groups in total. The zero-order valence-electron chi connectivity index (χ0n) is 19.3. The average molecular weight is 442 g/mol. The van der Waals surface area contributed by atoms with Crippen LogP contribution in [0.4, 0.5) is 4.79 Å². The van der Waals surface area contributed by atoms with E-state index in [1.54, 1.807) is 53.9 Å². The van der Waals surface area contributed by atoms with Gasteiger partial charge in [0.1, 0.15) is 36.5 Å². The molecular weight excluding hydrogens is 406 g/mol. The summed E-state index contributed by atoms with van der Waals surface area (Å²) in [5.41, 5.74) is 0.0847. The molecule has 1 fully saturated rings. The Kier molecular flexibility index (Phi) is 8.67. The molecule has 1 aromatic carbocycles. The molecule has 4 atom stereocenters. The predicted molar refractivity (Wildman–Crippen MR) is 113 cm³/mol. The summed E-state index contributed by atoms with van der Waals surface area (Å²) in [5.74, 6) is -0.281. The summed E-state index contributed by atoms with van der Waals surface area (Å²) >= 11 is 0. The third-order valence-corrected chi connectivity index (χ3v) is 4.59. The first-order valence-corrected chi connectivity index (χ1v) is 10.2. The van der Waals surface area contributed by atoms with Crippen molar-refractivity contribution in [1.82, 2.24) is 5.32 Å². The Bertz CT molecular complexity index is 700. The van der Waals surface area contributed by atoms with Gasteiger partial charge in [-0.1, -0.05) is 12.1 Å². The van der Waals surface area contributed by atoms with E-state index in [4.69, 9.17) is 28.4 Å². The minimum Gasteiger partial charge on any atom is -0.497 e. The van der Waals surface area contributed by atoms with Crippen molar-refractivity contribution >= 4 is 6.09 Å². The Morgan fingerprint density at radius 2 is 1.77 bits per heavy atom. The molecule has 0 bridgehead atoms. The molecule has 1 aromatic rings. The molecule has 176 valence electrons. The van der Waals surface area contributed by atoms with E-state index in [2.05, 4.69) is 5.32 Å². The van der Waals surface area contributed by atoms with Crippen LogP contribution < -0.4 is 10.1 Å². The van der Waals surface area contributed by atoms with Crippen molar-refractivity contribution in [2.45, 2.75) is 70.4 Å². The van der Waals surface area contributed by atoms with Gasteiger partial charge in [0.15, 0.2) is 5.79 Å². The predicted octanol–water partition coefficient (Wildman–Crippen LogP) is 2.76. The fourth-order valence-corrected chi connectivity index (χ4v) is 3.37. The highest BCUT2D eigenvalue weighted by atomic mass is 16.8. The van der Waals surface area contributed by atoms with Gasteiger partial charge in [-0.2, -0.15) is 0 Å². The second kappa shape index (κ2) is 10.6. The molecular formula is C22H35NO8. The molecule has 2 rings (SSSR count). The number of amides is 1. The highest BCUT2D eigenvalue weighted by Gasteiger charge is 2.50. The van der Waals surface area contributed by atoms with Crippen molar-refractivity contribution in [1.29, 1.82) is 0 Å². The fourth-order valence-electron chi connectivity index (χ4n) is 3.37. The summed E-state index contributed by atoms with van der Waals surface area (Å²) in [6.07, 6.45) is -2.69. The first kappa shape index (κ1) is 25.4. The van der Waals surface area contributed by atoms with Gasteiger partial charge in [0.05, 0.1) is 19.8 Å². The molecule has 0 aliphatic carbocycles. The van der Waals surface area contributed by atoms with Crippen molar-refractivity contribution in [2.75, 3.05) is 27.6 Å². The van der Waals surface area contributed by atoms with Crippen molar-refractivity contribution < 1.29 is 38.3 Å². The molecule has 0 aromatic heterocycles. The number of aliphatic hydroxyl groups excluding tert-OH is 1. The van der Waals surface area contributed by atoms with Crippen LogP contribution in [-0.2, 0) is 23.7 Å². The number of nitrogens with one attached hydrogen (secondary N) is 1. The Balaban J connectivity index is 2.39. The lowest BCUT2D eigenvalue weighted by Crippen LogP contribution is -2.48. The third-order valence-electron chi connectivity index (χ3n) is 4.59. The molecule has 0 unspecified atom stereocenters. The zero-order valence-corrected chi connectivity index (χ0v) is 19.3. The minimum atomic E-state index is -0.959. The Labute approximate surface area is 183 Å². The lowest BCUT2D eigenvalue weighted by Gasteiger charge is -2.31. The van der Waals surface area contributed by atoms with Gasteiger partial charge in [-0.25, -0.2) is 4.79 Å². The molecule has 1 amide bonds. The monoisotopic (exact) mass is 441 g/mol. The van der Waals surface area contributed by atoms with Gasteiger partial charge in [-0.3, -0.25) is 0 Å². The van der Waals surface area contributed by atoms with E-state index in [1.807, 2.05) is 12.1 Å². The minimum absolute atomic E-state index is 0.0229. The molecule has 9 nitrogen and oxygen atoms in total. The number of alkyl carbamates (subject to hydrolysis) is 1. The molecule has 31 heavy (non-hydrogen) atoms. The normalized spacial score (nSPS) is 22.6. The van der Waals surface area contributed by atoms with E-state index in [0.717, 1.165) is 5.56 Å². The maximum Gasteiger partial charge on any atom is 0.408 e. The van der Waals surface area contributed by atoms with E-state index in [1.165, 1.54) is 7.11 Å². The number of carbonyl (C=O) groups is 1. The third kappa shape index (κ3) is 7.33. The van der Waals surface area contributed by atoms with Crippen LogP contribution in [0.5, 0.6) is 5.75 Å². The first-order valence-electron chi connectivity index (χ1n) is 10.2. The summed E-state index contributed by atoms with van der Waals surface area (Å²) in [4.78, 5) is 12.6. The van der Waals surface area contributed by atoms with E-state index in [9.17, 15) is 9.90 Å². The number of benzene rings is 1. The van der Waals surface area contributed by atoms with Crippen LogP contribution in [0.2, 0.25) is 0 Å². The molecule has 0 radical (unpaired) electrons. The largest absolute Gasteiger partial charge is 0.497 e. The second-order valence-electron chi connectivity index (χ2n) is 8.76. The van der Waals surface area contributed by atoms with Crippen LogP contribution in [0.15, 0.2) is 24.3 Å². The van der Waals surface area contributed by atoms with Crippen molar-refractivity contribution in [2.24, 2.45) is 0 Å². The summed E-state index contributed by atoms with van der Waals surface area (Å²) in [6.45, 7) is 8.56. The van der Waals surface area contributed by atoms with Crippen molar-refractivity contribution in [3.05, 3.63) is 29.8 Å². The summed E-state index contributed by atoms with van der Waals surface area (Å²) in [6, 6.07) is 6.60. The van der Waals surface area contributed by atoms with E-state index in [0.29, 0.717) is 5.75 Å². The molecule has 1 aliphatic rings. The lowest BCUT2D eigenvalue weighted by molar-refractivity contribution is -0.175. The quantitative estimate of drug-likeness (QED) is 0.564.